The van der Waals surface area contributed by atoms with Gasteiger partial charge in [0.1, 0.15) is 18.4 Å². The molecule has 0 heterocycles. The predicted octanol–water partition coefficient (Wildman–Crippen LogP) is 5.85. The maximum Gasteiger partial charge on any atom is 0.264 e. The van der Waals surface area contributed by atoms with Crippen LogP contribution in [0.5, 0.6) is 0 Å². The van der Waals surface area contributed by atoms with E-state index in [1.165, 1.54) is 35.2 Å². The quantitative estimate of drug-likeness (QED) is 0.300. The van der Waals surface area contributed by atoms with Crippen LogP contribution in [0.15, 0.2) is 77.7 Å². The number of carbonyl (C=O) groups is 2. The fraction of sp³-hybridized carbons (Fsp3) is 0.355. The van der Waals surface area contributed by atoms with E-state index in [1.54, 1.807) is 43.3 Å². The first-order valence-electron chi connectivity index (χ1n) is 13.8. The van der Waals surface area contributed by atoms with Gasteiger partial charge < -0.3 is 10.2 Å². The summed E-state index contributed by atoms with van der Waals surface area (Å²) >= 11 is 6.06. The van der Waals surface area contributed by atoms with E-state index >= 15 is 4.39 Å². The van der Waals surface area contributed by atoms with Crippen LogP contribution in [0.2, 0.25) is 5.02 Å². The first-order chi connectivity index (χ1) is 19.6. The Hall–Kier alpha value is -3.43. The molecule has 0 bridgehead atoms. The highest BCUT2D eigenvalue weighted by Gasteiger charge is 2.35. The molecule has 0 saturated heterocycles. The largest absolute Gasteiger partial charge is 0.352 e. The van der Waals surface area contributed by atoms with Crippen LogP contribution in [-0.4, -0.2) is 43.8 Å². The fourth-order valence-corrected chi connectivity index (χ4v) is 6.63. The Morgan fingerprint density at radius 2 is 1.63 bits per heavy atom. The Labute approximate surface area is 246 Å². The molecule has 0 radical (unpaired) electrons. The summed E-state index contributed by atoms with van der Waals surface area (Å²) in [7, 11) is -4.34. The molecule has 0 aliphatic heterocycles. The highest BCUT2D eigenvalue weighted by atomic mass is 35.5. The number of amides is 2. The molecule has 41 heavy (non-hydrogen) atoms. The van der Waals surface area contributed by atoms with E-state index in [0.29, 0.717) is 17.0 Å². The van der Waals surface area contributed by atoms with Crippen molar-refractivity contribution in [2.75, 3.05) is 10.8 Å². The molecule has 0 aromatic heterocycles. The Morgan fingerprint density at radius 3 is 2.24 bits per heavy atom. The highest BCUT2D eigenvalue weighted by Crippen LogP contribution is 2.27. The average Bonchev–Trinajstić information content (AvgIpc) is 3.46. The predicted molar refractivity (Wildman–Crippen MR) is 159 cm³/mol. The van der Waals surface area contributed by atoms with Crippen LogP contribution in [0.25, 0.3) is 0 Å². The van der Waals surface area contributed by atoms with Gasteiger partial charge in [-0.2, -0.15) is 0 Å². The first kappa shape index (κ1) is 30.5. The first-order valence-corrected chi connectivity index (χ1v) is 15.6. The third-order valence-corrected chi connectivity index (χ3v) is 9.39. The van der Waals surface area contributed by atoms with Crippen molar-refractivity contribution in [2.24, 2.45) is 0 Å². The SMILES string of the molecule is CCC(C(=O)NC1CCCC1)N(Cc1ccc(Cl)cc1)C(=O)CN(c1ccccc1F)S(=O)(=O)c1ccc(C)cc1. The second kappa shape index (κ2) is 13.5. The van der Waals surface area contributed by atoms with Gasteiger partial charge in [-0.1, -0.05) is 73.3 Å². The molecule has 0 spiro atoms. The molecule has 1 aliphatic carbocycles. The van der Waals surface area contributed by atoms with E-state index < -0.39 is 34.3 Å². The lowest BCUT2D eigenvalue weighted by Crippen LogP contribution is -2.53. The zero-order valence-electron chi connectivity index (χ0n) is 23.2. The molecule has 1 N–H and O–H groups in total. The minimum absolute atomic E-state index is 0.0425. The lowest BCUT2D eigenvalue weighted by molar-refractivity contribution is -0.140. The lowest BCUT2D eigenvalue weighted by Gasteiger charge is -2.33. The van der Waals surface area contributed by atoms with E-state index in [-0.39, 0.29) is 29.1 Å². The molecule has 1 aliphatic rings. The molecule has 4 rings (SSSR count). The van der Waals surface area contributed by atoms with Gasteiger partial charge in [0.25, 0.3) is 10.0 Å². The highest BCUT2D eigenvalue weighted by molar-refractivity contribution is 7.92. The summed E-state index contributed by atoms with van der Waals surface area (Å²) in [4.78, 5) is 28.8. The van der Waals surface area contributed by atoms with Gasteiger partial charge in [0, 0.05) is 17.6 Å². The van der Waals surface area contributed by atoms with Gasteiger partial charge in [0.05, 0.1) is 10.6 Å². The van der Waals surface area contributed by atoms with Crippen molar-refractivity contribution in [3.63, 3.8) is 0 Å². The average molecular weight is 600 g/mol. The summed E-state index contributed by atoms with van der Waals surface area (Å²) in [5, 5.41) is 3.59. The number of carbonyl (C=O) groups excluding carboxylic acids is 2. The summed E-state index contributed by atoms with van der Waals surface area (Å²) in [5.41, 5.74) is 1.32. The summed E-state index contributed by atoms with van der Waals surface area (Å²) in [6.45, 7) is 2.98. The van der Waals surface area contributed by atoms with E-state index in [2.05, 4.69) is 5.32 Å². The van der Waals surface area contributed by atoms with E-state index in [0.717, 1.165) is 41.6 Å². The number of aryl methyl sites for hydroxylation is 1. The molecule has 1 atom stereocenters. The lowest BCUT2D eigenvalue weighted by atomic mass is 10.1. The molecule has 3 aromatic carbocycles. The molecular weight excluding hydrogens is 565 g/mol. The summed E-state index contributed by atoms with van der Waals surface area (Å²) in [6, 6.07) is 17.6. The van der Waals surface area contributed by atoms with E-state index in [9.17, 15) is 18.0 Å². The van der Waals surface area contributed by atoms with Gasteiger partial charge in [0.15, 0.2) is 0 Å². The smallest absolute Gasteiger partial charge is 0.264 e. The van der Waals surface area contributed by atoms with E-state index in [1.807, 2.05) is 6.92 Å². The third-order valence-electron chi connectivity index (χ3n) is 7.36. The molecule has 1 unspecified atom stereocenters. The van der Waals surface area contributed by atoms with Gasteiger partial charge in [-0.25, -0.2) is 12.8 Å². The number of benzene rings is 3. The van der Waals surface area contributed by atoms with Crippen molar-refractivity contribution in [1.29, 1.82) is 0 Å². The molecule has 1 saturated carbocycles. The van der Waals surface area contributed by atoms with Gasteiger partial charge in [-0.15, -0.1) is 0 Å². The minimum atomic E-state index is -4.34. The number of hydrogen-bond donors (Lipinski definition) is 1. The Morgan fingerprint density at radius 1 is 1.00 bits per heavy atom. The number of anilines is 1. The number of para-hydroxylation sites is 1. The molecule has 2 amide bonds. The van der Waals surface area contributed by atoms with Crippen LogP contribution >= 0.6 is 11.6 Å². The van der Waals surface area contributed by atoms with Crippen molar-refractivity contribution < 1.29 is 22.4 Å². The number of hydrogen-bond acceptors (Lipinski definition) is 4. The monoisotopic (exact) mass is 599 g/mol. The summed E-state index contributed by atoms with van der Waals surface area (Å²) in [6.07, 6.45) is 4.13. The molecule has 3 aromatic rings. The number of sulfonamides is 1. The minimum Gasteiger partial charge on any atom is -0.352 e. The van der Waals surface area contributed by atoms with Crippen molar-refractivity contribution in [1.82, 2.24) is 10.2 Å². The topological polar surface area (TPSA) is 86.8 Å². The summed E-state index contributed by atoms with van der Waals surface area (Å²) < 4.78 is 43.5. The van der Waals surface area contributed by atoms with Crippen molar-refractivity contribution in [3.8, 4) is 0 Å². The normalized spacial score (nSPS) is 14.4. The van der Waals surface area contributed by atoms with Crippen molar-refractivity contribution in [3.05, 3.63) is 94.8 Å². The van der Waals surface area contributed by atoms with Gasteiger partial charge in [0.2, 0.25) is 11.8 Å². The maximum atomic E-state index is 15.1. The van der Waals surface area contributed by atoms with Crippen LogP contribution < -0.4 is 9.62 Å². The fourth-order valence-electron chi connectivity index (χ4n) is 5.08. The van der Waals surface area contributed by atoms with Gasteiger partial charge in [-0.05, 0) is 68.1 Å². The second-order valence-corrected chi connectivity index (χ2v) is 12.6. The molecule has 7 nitrogen and oxygen atoms in total. The van der Waals surface area contributed by atoms with Gasteiger partial charge in [-0.3, -0.25) is 13.9 Å². The maximum absolute atomic E-state index is 15.1. The van der Waals surface area contributed by atoms with Crippen LogP contribution in [-0.2, 0) is 26.2 Å². The van der Waals surface area contributed by atoms with Crippen molar-refractivity contribution >= 4 is 39.1 Å². The van der Waals surface area contributed by atoms with Crippen LogP contribution in [0.3, 0.4) is 0 Å². The van der Waals surface area contributed by atoms with Crippen LogP contribution in [0, 0.1) is 12.7 Å². The Balaban J connectivity index is 1.72. The zero-order valence-corrected chi connectivity index (χ0v) is 24.8. The zero-order chi connectivity index (χ0) is 29.6. The summed E-state index contributed by atoms with van der Waals surface area (Å²) in [5.74, 6) is -1.71. The number of halogens is 2. The molecule has 218 valence electrons. The van der Waals surface area contributed by atoms with Crippen LogP contribution in [0.1, 0.15) is 50.2 Å². The number of nitrogens with zero attached hydrogens (tertiary/aromatic N) is 2. The van der Waals surface area contributed by atoms with Crippen molar-refractivity contribution in [2.45, 2.75) is 69.5 Å². The Bertz CT molecular complexity index is 1460. The standard InChI is InChI=1S/C31H35ClFN3O4S/c1-3-28(31(38)34-25-8-4-5-9-25)35(20-23-14-16-24(32)17-15-23)30(37)21-36(29-11-7-6-10-27(29)33)41(39,40)26-18-12-22(2)13-19-26/h6-7,10-19,25,28H,3-5,8-9,20-21H2,1-2H3,(H,34,38). The Kier molecular flexibility index (Phi) is 10.0. The molecule has 1 fully saturated rings. The van der Waals surface area contributed by atoms with Crippen LogP contribution in [0.4, 0.5) is 10.1 Å². The number of nitrogens with one attached hydrogen (secondary N) is 1. The second-order valence-electron chi connectivity index (χ2n) is 10.3. The third kappa shape index (κ3) is 7.45. The molecule has 10 heteroatoms. The number of rotatable bonds is 11. The van der Waals surface area contributed by atoms with Gasteiger partial charge >= 0.3 is 0 Å². The van der Waals surface area contributed by atoms with E-state index in [4.69, 9.17) is 11.6 Å². The molecular formula is C31H35ClFN3O4S.